The molecule has 0 heterocycles. The van der Waals surface area contributed by atoms with Gasteiger partial charge in [-0.2, -0.15) is 0 Å². The van der Waals surface area contributed by atoms with Gasteiger partial charge >= 0.3 is 0 Å². The molecule has 0 aliphatic carbocycles. The number of nitrogens with zero attached hydrogens (tertiary/aromatic N) is 1. The zero-order valence-corrected chi connectivity index (χ0v) is 15.9. The molecule has 0 saturated carbocycles. The van der Waals surface area contributed by atoms with E-state index < -0.39 is 0 Å². The van der Waals surface area contributed by atoms with Crippen LogP contribution in [0.4, 0.5) is 0 Å². The van der Waals surface area contributed by atoms with Crippen molar-refractivity contribution in [2.75, 3.05) is 20.6 Å². The van der Waals surface area contributed by atoms with Gasteiger partial charge in [-0.1, -0.05) is 96.1 Å². The molecule has 132 valence electrons. The Morgan fingerprint density at radius 1 is 0.545 bits per heavy atom. The second kappa shape index (κ2) is 18.7. The first kappa shape index (κ1) is 21.7. The minimum Gasteiger partial charge on any atom is -0.309 e. The van der Waals surface area contributed by atoms with Gasteiger partial charge in [-0.15, -0.1) is 0 Å². The number of rotatable bonds is 17. The largest absolute Gasteiger partial charge is 0.309 e. The van der Waals surface area contributed by atoms with E-state index in [0.29, 0.717) is 0 Å². The Morgan fingerprint density at radius 2 is 0.955 bits per heavy atom. The van der Waals surface area contributed by atoms with Gasteiger partial charge in [0.15, 0.2) is 0 Å². The maximum Gasteiger partial charge on any atom is 0.000980 e. The first-order chi connectivity index (χ1) is 10.8. The van der Waals surface area contributed by atoms with Crippen LogP contribution in [0.25, 0.3) is 0 Å². The molecule has 1 heteroatoms. The van der Waals surface area contributed by atoms with Gasteiger partial charge in [0, 0.05) is 6.54 Å². The van der Waals surface area contributed by atoms with E-state index in [0.717, 1.165) is 0 Å². The Bertz CT molecular complexity index is 220. The monoisotopic (exact) mass is 309 g/mol. The van der Waals surface area contributed by atoms with Gasteiger partial charge in [0.2, 0.25) is 0 Å². The highest BCUT2D eigenvalue weighted by atomic mass is 15.0. The van der Waals surface area contributed by atoms with Crippen molar-refractivity contribution in [3.05, 3.63) is 12.2 Å². The molecule has 22 heavy (non-hydrogen) atoms. The van der Waals surface area contributed by atoms with Crippen LogP contribution in [0.3, 0.4) is 0 Å². The molecule has 0 spiro atoms. The highest BCUT2D eigenvalue weighted by Crippen LogP contribution is 2.13. The van der Waals surface area contributed by atoms with Crippen molar-refractivity contribution in [3.8, 4) is 0 Å². The van der Waals surface area contributed by atoms with Gasteiger partial charge in [-0.05, 0) is 33.4 Å². The summed E-state index contributed by atoms with van der Waals surface area (Å²) in [7, 11) is 4.28. The third-order valence-corrected chi connectivity index (χ3v) is 4.38. The normalized spacial score (nSPS) is 11.8. The fraction of sp³-hybridized carbons (Fsp3) is 0.905. The molecule has 0 radical (unpaired) electrons. The summed E-state index contributed by atoms with van der Waals surface area (Å²) in [6.45, 7) is 3.47. The molecule has 0 aromatic rings. The molecule has 0 unspecified atom stereocenters. The highest BCUT2D eigenvalue weighted by Gasteiger charge is 1.93. The van der Waals surface area contributed by atoms with Crippen molar-refractivity contribution in [1.82, 2.24) is 4.90 Å². The van der Waals surface area contributed by atoms with Crippen LogP contribution in [0, 0.1) is 0 Å². The summed E-state index contributed by atoms with van der Waals surface area (Å²) in [5, 5.41) is 0. The molecule has 1 nitrogen and oxygen atoms in total. The zero-order valence-electron chi connectivity index (χ0n) is 15.9. The van der Waals surface area contributed by atoms with E-state index in [1.807, 2.05) is 0 Å². The lowest BCUT2D eigenvalue weighted by Gasteiger charge is -2.05. The molecule has 0 aliphatic rings. The quantitative estimate of drug-likeness (QED) is 0.207. The highest BCUT2D eigenvalue weighted by molar-refractivity contribution is 4.81. The molecule has 0 bridgehead atoms. The average molecular weight is 310 g/mol. The van der Waals surface area contributed by atoms with Crippen molar-refractivity contribution in [3.63, 3.8) is 0 Å². The standard InChI is InChI=1S/C21H43N/c1-4-5-6-7-8-9-10-11-12-13-14-15-16-17-18-19-20-21-22(2)3/h18-19H,4-17,20-21H2,1-3H3/b19-18+. The molecular weight excluding hydrogens is 266 g/mol. The van der Waals surface area contributed by atoms with Gasteiger partial charge < -0.3 is 4.90 Å². The van der Waals surface area contributed by atoms with E-state index in [2.05, 4.69) is 38.1 Å². The van der Waals surface area contributed by atoms with Crippen LogP contribution in [0.2, 0.25) is 0 Å². The predicted octanol–water partition coefficient (Wildman–Crippen LogP) is 6.98. The topological polar surface area (TPSA) is 3.24 Å². The number of hydrogen-bond donors (Lipinski definition) is 0. The summed E-state index contributed by atoms with van der Waals surface area (Å²) in [5.41, 5.74) is 0. The van der Waals surface area contributed by atoms with Gasteiger partial charge in [-0.3, -0.25) is 0 Å². The van der Waals surface area contributed by atoms with Crippen LogP contribution in [0.15, 0.2) is 12.2 Å². The van der Waals surface area contributed by atoms with E-state index in [9.17, 15) is 0 Å². The molecule has 0 N–H and O–H groups in total. The second-order valence-corrected chi connectivity index (χ2v) is 7.09. The molecule has 0 atom stereocenters. The summed E-state index contributed by atoms with van der Waals surface area (Å²) < 4.78 is 0. The van der Waals surface area contributed by atoms with Gasteiger partial charge in [0.05, 0.1) is 0 Å². The summed E-state index contributed by atoms with van der Waals surface area (Å²) in [6.07, 6.45) is 26.0. The van der Waals surface area contributed by atoms with Gasteiger partial charge in [-0.25, -0.2) is 0 Å². The average Bonchev–Trinajstić information content (AvgIpc) is 2.50. The maximum absolute atomic E-state index is 2.38. The summed E-state index contributed by atoms with van der Waals surface area (Å²) in [6, 6.07) is 0. The Labute approximate surface area is 141 Å². The zero-order chi connectivity index (χ0) is 16.3. The minimum absolute atomic E-state index is 1.18. The van der Waals surface area contributed by atoms with E-state index in [4.69, 9.17) is 0 Å². The third kappa shape index (κ3) is 19.7. The summed E-state index contributed by atoms with van der Waals surface area (Å²) in [4.78, 5) is 2.25. The van der Waals surface area contributed by atoms with E-state index in [1.165, 1.54) is 103 Å². The lowest BCUT2D eigenvalue weighted by molar-refractivity contribution is 0.417. The van der Waals surface area contributed by atoms with E-state index in [1.54, 1.807) is 0 Å². The Morgan fingerprint density at radius 3 is 1.41 bits per heavy atom. The van der Waals surface area contributed by atoms with Gasteiger partial charge in [0.25, 0.3) is 0 Å². The minimum atomic E-state index is 1.18. The van der Waals surface area contributed by atoms with Crippen LogP contribution >= 0.6 is 0 Å². The molecule has 0 fully saturated rings. The SMILES string of the molecule is CCCCCCCCCCCCCCC/C=C/CCN(C)C. The maximum atomic E-state index is 2.38. The number of hydrogen-bond acceptors (Lipinski definition) is 1. The smallest absolute Gasteiger partial charge is 0.000980 e. The van der Waals surface area contributed by atoms with E-state index >= 15 is 0 Å². The molecule has 0 aliphatic heterocycles. The summed E-state index contributed by atoms with van der Waals surface area (Å²) in [5.74, 6) is 0. The predicted molar refractivity (Wildman–Crippen MR) is 103 cm³/mol. The Balaban J connectivity index is 3.02. The van der Waals surface area contributed by atoms with Crippen LogP contribution in [-0.4, -0.2) is 25.5 Å². The first-order valence-corrected chi connectivity index (χ1v) is 10.1. The lowest BCUT2D eigenvalue weighted by Crippen LogP contribution is -2.11. The lowest BCUT2D eigenvalue weighted by atomic mass is 10.0. The molecule has 0 aromatic heterocycles. The van der Waals surface area contributed by atoms with Gasteiger partial charge in [0.1, 0.15) is 0 Å². The van der Waals surface area contributed by atoms with Crippen LogP contribution < -0.4 is 0 Å². The van der Waals surface area contributed by atoms with Crippen LogP contribution in [-0.2, 0) is 0 Å². The van der Waals surface area contributed by atoms with Crippen molar-refractivity contribution in [2.45, 2.75) is 103 Å². The second-order valence-electron chi connectivity index (χ2n) is 7.09. The molecule has 0 amide bonds. The van der Waals surface area contributed by atoms with Crippen molar-refractivity contribution < 1.29 is 0 Å². The van der Waals surface area contributed by atoms with Crippen molar-refractivity contribution >= 4 is 0 Å². The first-order valence-electron chi connectivity index (χ1n) is 10.1. The van der Waals surface area contributed by atoms with Crippen LogP contribution in [0.5, 0.6) is 0 Å². The van der Waals surface area contributed by atoms with E-state index in [-0.39, 0.29) is 0 Å². The van der Waals surface area contributed by atoms with Crippen molar-refractivity contribution in [1.29, 1.82) is 0 Å². The summed E-state index contributed by atoms with van der Waals surface area (Å²) >= 11 is 0. The third-order valence-electron chi connectivity index (χ3n) is 4.38. The number of allylic oxidation sites excluding steroid dienone is 1. The fourth-order valence-electron chi connectivity index (χ4n) is 2.85. The molecular formula is C21H43N. The molecule has 0 aromatic carbocycles. The fourth-order valence-corrected chi connectivity index (χ4v) is 2.85. The molecule has 0 saturated heterocycles. The Kier molecular flexibility index (Phi) is 18.5. The van der Waals surface area contributed by atoms with Crippen LogP contribution in [0.1, 0.15) is 103 Å². The Hall–Kier alpha value is -0.300. The molecule has 0 rings (SSSR count). The number of unbranched alkanes of at least 4 members (excludes halogenated alkanes) is 13. The van der Waals surface area contributed by atoms with Crippen molar-refractivity contribution in [2.24, 2.45) is 0 Å².